The zero-order valence-corrected chi connectivity index (χ0v) is 20.9. The Balaban J connectivity index is 1.24. The van der Waals surface area contributed by atoms with Crippen molar-refractivity contribution < 1.29 is 14.3 Å². The summed E-state index contributed by atoms with van der Waals surface area (Å²) in [7, 11) is 3.87. The van der Waals surface area contributed by atoms with Crippen LogP contribution in [0.15, 0.2) is 42.6 Å². The van der Waals surface area contributed by atoms with Crippen molar-refractivity contribution in [2.24, 2.45) is 0 Å². The van der Waals surface area contributed by atoms with E-state index in [2.05, 4.69) is 34.4 Å². The number of rotatable bonds is 4. The van der Waals surface area contributed by atoms with Crippen molar-refractivity contribution in [3.63, 3.8) is 0 Å². The Hall–Kier alpha value is -3.36. The van der Waals surface area contributed by atoms with Crippen molar-refractivity contribution in [3.8, 4) is 5.75 Å². The Kier molecular flexibility index (Phi) is 4.60. The van der Waals surface area contributed by atoms with Crippen LogP contribution in [-0.4, -0.2) is 48.1 Å². The molecule has 9 heteroatoms. The van der Waals surface area contributed by atoms with Gasteiger partial charge in [-0.25, -0.2) is 4.98 Å². The third kappa shape index (κ3) is 3.21. The number of anilines is 4. The fourth-order valence-corrected chi connectivity index (χ4v) is 6.35. The molecule has 4 aliphatic rings. The smallest absolute Gasteiger partial charge is 0.311 e. The van der Waals surface area contributed by atoms with Crippen LogP contribution in [0.3, 0.4) is 0 Å². The van der Waals surface area contributed by atoms with Gasteiger partial charge in [0.2, 0.25) is 5.95 Å². The minimum Gasteiger partial charge on any atom is -0.495 e. The van der Waals surface area contributed by atoms with Crippen molar-refractivity contribution in [2.75, 3.05) is 37.5 Å². The normalized spacial score (nSPS) is 23.2. The van der Waals surface area contributed by atoms with Gasteiger partial charge in [-0.3, -0.25) is 4.79 Å². The number of hydrogen-bond acceptors (Lipinski definition) is 8. The van der Waals surface area contributed by atoms with Gasteiger partial charge in [0.1, 0.15) is 10.8 Å². The van der Waals surface area contributed by atoms with E-state index in [0.717, 1.165) is 35.8 Å². The first-order valence-corrected chi connectivity index (χ1v) is 12.6. The Bertz CT molecular complexity index is 1410. The highest BCUT2D eigenvalue weighted by molar-refractivity contribution is 6.33. The number of aromatic nitrogens is 2. The second-order valence-corrected chi connectivity index (χ2v) is 10.8. The number of benzene rings is 2. The highest BCUT2D eigenvalue weighted by atomic mass is 35.5. The van der Waals surface area contributed by atoms with Gasteiger partial charge in [0.25, 0.3) is 0 Å². The Morgan fingerprint density at radius 1 is 1.17 bits per heavy atom. The maximum Gasteiger partial charge on any atom is 0.311 e. The summed E-state index contributed by atoms with van der Waals surface area (Å²) in [5, 5.41) is 3.79. The minimum atomic E-state index is -0.651. The Labute approximate surface area is 214 Å². The number of halogens is 1. The van der Waals surface area contributed by atoms with Crippen molar-refractivity contribution in [1.82, 2.24) is 14.9 Å². The number of nitrogens with zero attached hydrogens (tertiary/aromatic N) is 4. The molecular weight excluding hydrogens is 478 g/mol. The zero-order chi connectivity index (χ0) is 24.7. The van der Waals surface area contributed by atoms with Crippen molar-refractivity contribution in [2.45, 2.75) is 36.8 Å². The van der Waals surface area contributed by atoms with Crippen LogP contribution in [0.4, 0.5) is 23.1 Å². The fraction of sp³-hybridized carbons (Fsp3) is 0.370. The van der Waals surface area contributed by atoms with Crippen LogP contribution in [-0.2, 0) is 27.1 Å². The van der Waals surface area contributed by atoms with E-state index in [0.29, 0.717) is 29.8 Å². The number of nitrogens with one attached hydrogen (secondary N) is 1. The molecule has 8 nitrogen and oxygen atoms in total. The summed E-state index contributed by atoms with van der Waals surface area (Å²) in [4.78, 5) is 25.4. The molecule has 2 fully saturated rings. The summed E-state index contributed by atoms with van der Waals surface area (Å²) in [6.07, 6.45) is 4.39. The Morgan fingerprint density at radius 2 is 1.97 bits per heavy atom. The van der Waals surface area contributed by atoms with Crippen LogP contribution in [0, 0.1) is 0 Å². The average Bonchev–Trinajstić information content (AvgIpc) is 3.53. The molecule has 1 atom stereocenters. The number of methoxy groups -OCH3 is 1. The number of likely N-dealkylation sites (N-methyl/N-ethyl adjacent to an activating group) is 1. The van der Waals surface area contributed by atoms with Gasteiger partial charge in [0.15, 0.2) is 11.4 Å². The van der Waals surface area contributed by atoms with Crippen LogP contribution in [0.25, 0.3) is 0 Å². The number of ether oxygens (including phenoxy) is 2. The van der Waals surface area contributed by atoms with E-state index in [9.17, 15) is 4.79 Å². The number of fused-ring (bicyclic) bond motifs is 4. The summed E-state index contributed by atoms with van der Waals surface area (Å²) < 4.78 is 11.4. The molecule has 7 rings (SSSR count). The first-order valence-electron chi connectivity index (χ1n) is 12.2. The first kappa shape index (κ1) is 21.9. The molecule has 1 saturated carbocycles. The van der Waals surface area contributed by atoms with Crippen molar-refractivity contribution >= 4 is 40.7 Å². The summed E-state index contributed by atoms with van der Waals surface area (Å²) in [6.45, 7) is 2.45. The first-order chi connectivity index (χ1) is 17.4. The average molecular weight is 504 g/mol. The van der Waals surface area contributed by atoms with Crippen LogP contribution in [0.5, 0.6) is 5.75 Å². The maximum atomic E-state index is 11.7. The van der Waals surface area contributed by atoms with E-state index in [-0.39, 0.29) is 11.4 Å². The van der Waals surface area contributed by atoms with Crippen LogP contribution < -0.4 is 15.0 Å². The van der Waals surface area contributed by atoms with E-state index in [1.807, 2.05) is 29.2 Å². The second kappa shape index (κ2) is 7.57. The predicted molar refractivity (Wildman–Crippen MR) is 136 cm³/mol. The number of carbonyl (C=O) groups excluding carboxylic acids is 1. The third-order valence-corrected chi connectivity index (χ3v) is 8.20. The van der Waals surface area contributed by atoms with E-state index in [1.165, 1.54) is 24.0 Å². The molecule has 36 heavy (non-hydrogen) atoms. The minimum absolute atomic E-state index is 0.194. The lowest BCUT2D eigenvalue weighted by Gasteiger charge is -2.37. The molecule has 1 aromatic heterocycles. The SMILES string of the molecule is COc1cc2c(cc1Nc1ncc(Cl)c(N3CC4(CC(=O)O4)c4ccccc43)n1)CN(C)CC21CC1. The van der Waals surface area contributed by atoms with Crippen LogP contribution >= 0.6 is 11.6 Å². The zero-order valence-electron chi connectivity index (χ0n) is 20.2. The summed E-state index contributed by atoms with van der Waals surface area (Å²) in [5.41, 5.74) is 5.05. The molecule has 1 aliphatic carbocycles. The van der Waals surface area contributed by atoms with Gasteiger partial charge in [-0.15, -0.1) is 0 Å². The van der Waals surface area contributed by atoms with E-state index >= 15 is 0 Å². The van der Waals surface area contributed by atoms with Gasteiger partial charge >= 0.3 is 5.97 Å². The number of para-hydroxylation sites is 1. The molecule has 0 radical (unpaired) electrons. The topological polar surface area (TPSA) is 79.8 Å². The molecule has 1 N–H and O–H groups in total. The number of esters is 1. The number of carbonyl (C=O) groups is 1. The molecule has 1 unspecified atom stereocenters. The molecule has 1 saturated heterocycles. The standard InChI is InChI=1S/C27H26ClN5O3/c1-32-13-16-9-20(22(35-2)10-18(16)26(14-32)7-8-26)30-25-29-12-19(28)24(31-25)33-15-27(11-23(34)36-27)17-5-3-4-6-21(17)33/h3-6,9-10,12H,7-8,11,13-15H2,1-2H3,(H,29,30,31). The monoisotopic (exact) mass is 503 g/mol. The molecule has 2 spiro atoms. The molecule has 0 amide bonds. The summed E-state index contributed by atoms with van der Waals surface area (Å²) in [5.74, 6) is 1.56. The molecule has 2 aromatic carbocycles. The summed E-state index contributed by atoms with van der Waals surface area (Å²) >= 11 is 6.60. The van der Waals surface area contributed by atoms with Crippen molar-refractivity contribution in [3.05, 3.63) is 64.3 Å². The van der Waals surface area contributed by atoms with E-state index < -0.39 is 5.60 Å². The predicted octanol–water partition coefficient (Wildman–Crippen LogP) is 4.65. The Morgan fingerprint density at radius 3 is 2.72 bits per heavy atom. The highest BCUT2D eigenvalue weighted by Gasteiger charge is 2.55. The molecule has 4 heterocycles. The molecular formula is C27H26ClN5O3. The van der Waals surface area contributed by atoms with Gasteiger partial charge in [0, 0.05) is 29.8 Å². The lowest BCUT2D eigenvalue weighted by molar-refractivity contribution is -0.190. The molecule has 184 valence electrons. The quantitative estimate of drug-likeness (QED) is 0.515. The molecule has 0 bridgehead atoms. The second-order valence-electron chi connectivity index (χ2n) is 10.4. The van der Waals surface area contributed by atoms with E-state index in [1.54, 1.807) is 13.3 Å². The van der Waals surface area contributed by atoms with Gasteiger partial charge in [0.05, 0.1) is 32.0 Å². The van der Waals surface area contributed by atoms with Gasteiger partial charge in [-0.2, -0.15) is 4.98 Å². The van der Waals surface area contributed by atoms with Gasteiger partial charge in [-0.05, 0) is 49.2 Å². The largest absolute Gasteiger partial charge is 0.495 e. The number of hydrogen-bond donors (Lipinski definition) is 1. The van der Waals surface area contributed by atoms with Gasteiger partial charge < -0.3 is 24.6 Å². The lowest BCUT2D eigenvalue weighted by Crippen LogP contribution is -2.47. The van der Waals surface area contributed by atoms with Crippen molar-refractivity contribution in [1.29, 1.82) is 0 Å². The maximum absolute atomic E-state index is 11.7. The molecule has 3 aliphatic heterocycles. The van der Waals surface area contributed by atoms with Gasteiger partial charge in [-0.1, -0.05) is 29.8 Å². The van der Waals surface area contributed by atoms with Crippen LogP contribution in [0.2, 0.25) is 5.02 Å². The highest BCUT2D eigenvalue weighted by Crippen LogP contribution is 2.54. The third-order valence-electron chi connectivity index (χ3n) is 7.93. The van der Waals surface area contributed by atoms with E-state index in [4.69, 9.17) is 26.1 Å². The molecule has 3 aromatic rings. The fourth-order valence-electron chi connectivity index (χ4n) is 6.16. The lowest BCUT2D eigenvalue weighted by atomic mass is 9.86. The summed E-state index contributed by atoms with van der Waals surface area (Å²) in [6, 6.07) is 12.3. The van der Waals surface area contributed by atoms with Crippen LogP contribution in [0.1, 0.15) is 36.0 Å².